The number of benzene rings is 2. The number of fused-ring (bicyclic) bond motifs is 2. The fourth-order valence-electron chi connectivity index (χ4n) is 2.02. The van der Waals surface area contributed by atoms with Gasteiger partial charge in [0.05, 0.1) is 4.51 Å². The number of hydrogen-bond acceptors (Lipinski definition) is 4. The minimum Gasteiger partial charge on any atom is -0.482 e. The molecule has 0 fully saturated rings. The van der Waals surface area contributed by atoms with E-state index in [1.807, 2.05) is 24.3 Å². The molecule has 0 unspecified atom stereocenters. The van der Waals surface area contributed by atoms with Gasteiger partial charge in [-0.3, -0.25) is 0 Å². The summed E-state index contributed by atoms with van der Waals surface area (Å²) in [5, 5.41) is 10.2. The number of aliphatic carboxylic acids is 1. The highest BCUT2D eigenvalue weighted by atomic mass is 32.1. The lowest BCUT2D eigenvalue weighted by atomic mass is 10.1. The van der Waals surface area contributed by atoms with Gasteiger partial charge in [-0.1, -0.05) is 24.4 Å². The lowest BCUT2D eigenvalue weighted by Crippen LogP contribution is -2.09. The minimum atomic E-state index is -1.02. The van der Waals surface area contributed by atoms with E-state index in [1.54, 1.807) is 18.2 Å². The van der Waals surface area contributed by atoms with Crippen LogP contribution in [-0.2, 0) is 4.79 Å². The summed E-state index contributed by atoms with van der Waals surface area (Å²) in [6.45, 7) is -0.386. The third kappa shape index (κ3) is 2.23. The van der Waals surface area contributed by atoms with Crippen molar-refractivity contribution >= 4 is 40.1 Å². The van der Waals surface area contributed by atoms with Gasteiger partial charge in [-0.25, -0.2) is 4.79 Å². The third-order valence-corrected chi connectivity index (χ3v) is 3.35. The molecule has 0 radical (unpaired) electrons. The monoisotopic (exact) mass is 286 g/mol. The first-order valence-electron chi connectivity index (χ1n) is 5.95. The van der Waals surface area contributed by atoms with Crippen LogP contribution in [0.15, 0.2) is 46.9 Å². The van der Waals surface area contributed by atoms with E-state index in [0.717, 1.165) is 16.4 Å². The van der Waals surface area contributed by atoms with Crippen molar-refractivity contribution in [2.75, 3.05) is 6.61 Å². The number of carboxylic acid groups (broad SMARTS) is 1. The third-order valence-electron chi connectivity index (χ3n) is 2.91. The van der Waals surface area contributed by atoms with E-state index in [1.165, 1.54) is 0 Å². The van der Waals surface area contributed by atoms with Crippen molar-refractivity contribution < 1.29 is 19.1 Å². The van der Waals surface area contributed by atoms with Gasteiger partial charge in [0.1, 0.15) is 16.9 Å². The SMILES string of the molecule is O=C(O)COc1ccc2oc3ccccc3c(=S)c2c1. The van der Waals surface area contributed by atoms with Crippen molar-refractivity contribution in [3.8, 4) is 5.75 Å². The highest BCUT2D eigenvalue weighted by Crippen LogP contribution is 2.28. The molecule has 0 bridgehead atoms. The van der Waals surface area contributed by atoms with Gasteiger partial charge in [-0.05, 0) is 30.3 Å². The first-order valence-corrected chi connectivity index (χ1v) is 6.36. The molecule has 0 aliphatic heterocycles. The van der Waals surface area contributed by atoms with Crippen molar-refractivity contribution in [1.82, 2.24) is 0 Å². The fraction of sp³-hybridized carbons (Fsp3) is 0.0667. The van der Waals surface area contributed by atoms with Gasteiger partial charge >= 0.3 is 5.97 Å². The van der Waals surface area contributed by atoms with Crippen LogP contribution in [0.4, 0.5) is 0 Å². The summed E-state index contributed by atoms with van der Waals surface area (Å²) < 4.78 is 11.6. The molecule has 0 atom stereocenters. The molecule has 3 aromatic rings. The maximum Gasteiger partial charge on any atom is 0.341 e. The van der Waals surface area contributed by atoms with E-state index < -0.39 is 5.97 Å². The van der Waals surface area contributed by atoms with E-state index in [-0.39, 0.29) is 6.61 Å². The van der Waals surface area contributed by atoms with Crippen molar-refractivity contribution in [2.24, 2.45) is 0 Å². The maximum absolute atomic E-state index is 10.5. The Labute approximate surface area is 119 Å². The maximum atomic E-state index is 10.5. The molecule has 1 N–H and O–H groups in total. The summed E-state index contributed by atoms with van der Waals surface area (Å²) in [4.78, 5) is 10.5. The predicted octanol–water partition coefficient (Wildman–Crippen LogP) is 3.78. The van der Waals surface area contributed by atoms with Crippen LogP contribution in [0.1, 0.15) is 0 Å². The van der Waals surface area contributed by atoms with Gasteiger partial charge < -0.3 is 14.3 Å². The highest BCUT2D eigenvalue weighted by molar-refractivity contribution is 7.72. The molecule has 100 valence electrons. The molecule has 20 heavy (non-hydrogen) atoms. The Morgan fingerprint density at radius 3 is 2.70 bits per heavy atom. The summed E-state index contributed by atoms with van der Waals surface area (Å²) in [6, 6.07) is 12.6. The first-order chi connectivity index (χ1) is 9.65. The summed E-state index contributed by atoms with van der Waals surface area (Å²) >= 11 is 5.46. The number of carboxylic acids is 1. The van der Waals surface area contributed by atoms with Crippen LogP contribution in [0.3, 0.4) is 0 Å². The van der Waals surface area contributed by atoms with Crippen molar-refractivity contribution in [3.05, 3.63) is 47.0 Å². The molecule has 0 aliphatic carbocycles. The summed E-state index contributed by atoms with van der Waals surface area (Å²) in [7, 11) is 0. The molecule has 1 heterocycles. The standard InChI is InChI=1S/C15H10O4S/c16-14(17)8-18-9-5-6-13-11(7-9)15(20)10-3-1-2-4-12(10)19-13/h1-7H,8H2,(H,16,17). The van der Waals surface area contributed by atoms with E-state index in [0.29, 0.717) is 15.8 Å². The Morgan fingerprint density at radius 1 is 1.15 bits per heavy atom. The molecular formula is C15H10O4S. The van der Waals surface area contributed by atoms with Gasteiger partial charge in [0.15, 0.2) is 6.61 Å². The average molecular weight is 286 g/mol. The van der Waals surface area contributed by atoms with Crippen LogP contribution < -0.4 is 4.74 Å². The van der Waals surface area contributed by atoms with Gasteiger partial charge in [0.25, 0.3) is 0 Å². The zero-order chi connectivity index (χ0) is 14.1. The zero-order valence-electron chi connectivity index (χ0n) is 10.3. The Morgan fingerprint density at radius 2 is 1.90 bits per heavy atom. The molecule has 1 aromatic heterocycles. The van der Waals surface area contributed by atoms with Crippen LogP contribution in [0.25, 0.3) is 21.9 Å². The van der Waals surface area contributed by atoms with E-state index in [4.69, 9.17) is 26.5 Å². The quantitative estimate of drug-likeness (QED) is 0.586. The van der Waals surface area contributed by atoms with Crippen LogP contribution in [-0.4, -0.2) is 17.7 Å². The lowest BCUT2D eigenvalue weighted by molar-refractivity contribution is -0.139. The molecule has 0 saturated heterocycles. The van der Waals surface area contributed by atoms with E-state index >= 15 is 0 Å². The van der Waals surface area contributed by atoms with Gasteiger partial charge in [0, 0.05) is 10.8 Å². The number of carbonyl (C=O) groups is 1. The van der Waals surface area contributed by atoms with Gasteiger partial charge in [-0.2, -0.15) is 0 Å². The lowest BCUT2D eigenvalue weighted by Gasteiger charge is -2.06. The van der Waals surface area contributed by atoms with Crippen LogP contribution >= 0.6 is 12.2 Å². The fourth-order valence-corrected chi connectivity index (χ4v) is 2.35. The summed E-state index contributed by atoms with van der Waals surface area (Å²) in [5.74, 6) is -0.566. The molecule has 2 aromatic carbocycles. The van der Waals surface area contributed by atoms with Gasteiger partial charge in [0.2, 0.25) is 0 Å². The zero-order valence-corrected chi connectivity index (χ0v) is 11.1. The molecule has 4 nitrogen and oxygen atoms in total. The largest absolute Gasteiger partial charge is 0.482 e. The Balaban J connectivity index is 2.18. The number of ether oxygens (including phenoxy) is 1. The molecule has 0 saturated carbocycles. The number of hydrogen-bond donors (Lipinski definition) is 1. The number of rotatable bonds is 3. The van der Waals surface area contributed by atoms with E-state index in [2.05, 4.69) is 0 Å². The predicted molar refractivity (Wildman–Crippen MR) is 77.7 cm³/mol. The summed E-state index contributed by atoms with van der Waals surface area (Å²) in [5.41, 5.74) is 1.38. The highest BCUT2D eigenvalue weighted by Gasteiger charge is 2.06. The van der Waals surface area contributed by atoms with Crippen molar-refractivity contribution in [3.63, 3.8) is 0 Å². The molecule has 5 heteroatoms. The van der Waals surface area contributed by atoms with Crippen LogP contribution in [0.2, 0.25) is 0 Å². The van der Waals surface area contributed by atoms with Crippen molar-refractivity contribution in [1.29, 1.82) is 0 Å². The van der Waals surface area contributed by atoms with Crippen LogP contribution in [0, 0.1) is 4.51 Å². The Kier molecular flexibility index (Phi) is 3.12. The Hall–Kier alpha value is -2.40. The molecule has 0 aliphatic rings. The van der Waals surface area contributed by atoms with E-state index in [9.17, 15) is 4.79 Å². The average Bonchev–Trinajstić information content (AvgIpc) is 2.46. The Bertz CT molecular complexity index is 867. The van der Waals surface area contributed by atoms with Crippen LogP contribution in [0.5, 0.6) is 5.75 Å². The van der Waals surface area contributed by atoms with Gasteiger partial charge in [-0.15, -0.1) is 0 Å². The van der Waals surface area contributed by atoms with Crippen molar-refractivity contribution in [2.45, 2.75) is 0 Å². The second-order valence-corrected chi connectivity index (χ2v) is 4.68. The molecule has 3 rings (SSSR count). The summed E-state index contributed by atoms with van der Waals surface area (Å²) in [6.07, 6.45) is 0. The second-order valence-electron chi connectivity index (χ2n) is 4.27. The molecule has 0 spiro atoms. The molecular weight excluding hydrogens is 276 g/mol. The second kappa shape index (κ2) is 4.94. The minimum absolute atomic E-state index is 0.386. The first kappa shape index (κ1) is 12.6. The molecule has 0 amide bonds. The number of para-hydroxylation sites is 1. The smallest absolute Gasteiger partial charge is 0.341 e. The normalized spacial score (nSPS) is 10.8. The topological polar surface area (TPSA) is 59.7 Å².